The second-order valence-corrected chi connectivity index (χ2v) is 8.54. The van der Waals surface area contributed by atoms with Crippen LogP contribution < -0.4 is 24.2 Å². The van der Waals surface area contributed by atoms with Gasteiger partial charge in [0.25, 0.3) is 5.91 Å². The summed E-state index contributed by atoms with van der Waals surface area (Å²) in [6.45, 7) is -0.0364. The van der Waals surface area contributed by atoms with E-state index in [0.717, 1.165) is 5.56 Å². The summed E-state index contributed by atoms with van der Waals surface area (Å²) in [5, 5.41) is 2.60. The fraction of sp³-hybridized carbons (Fsp3) is 0.333. The number of hydrogen-bond acceptors (Lipinski definition) is 8. The average Bonchev–Trinajstić information content (AvgIpc) is 3.05. The number of ether oxygens (including phenoxy) is 4. The first-order valence-corrected chi connectivity index (χ1v) is 11.3. The molecule has 172 valence electrons. The van der Waals surface area contributed by atoms with E-state index in [1.807, 2.05) is 6.07 Å². The molecule has 0 saturated carbocycles. The molecule has 2 aromatic carbocycles. The summed E-state index contributed by atoms with van der Waals surface area (Å²) in [5.74, 6) is 0.0249. The van der Waals surface area contributed by atoms with Crippen molar-refractivity contribution < 1.29 is 37.0 Å². The Hall–Kier alpha value is -3.31. The molecule has 0 unspecified atom stereocenters. The molecule has 1 amide bonds. The van der Waals surface area contributed by atoms with E-state index in [1.54, 1.807) is 25.3 Å². The Morgan fingerprint density at radius 2 is 1.84 bits per heavy atom. The van der Waals surface area contributed by atoms with E-state index in [4.69, 9.17) is 18.9 Å². The summed E-state index contributed by atoms with van der Waals surface area (Å²) in [6, 6.07) is 11.3. The zero-order valence-electron chi connectivity index (χ0n) is 17.5. The van der Waals surface area contributed by atoms with Crippen molar-refractivity contribution in [2.45, 2.75) is 17.9 Å². The van der Waals surface area contributed by atoms with Gasteiger partial charge in [-0.05, 0) is 29.8 Å². The predicted octanol–water partition coefficient (Wildman–Crippen LogP) is 0.994. The van der Waals surface area contributed by atoms with Crippen molar-refractivity contribution in [1.29, 1.82) is 0 Å². The summed E-state index contributed by atoms with van der Waals surface area (Å²) in [5.41, 5.74) is 0.812. The van der Waals surface area contributed by atoms with Crippen LogP contribution in [0.3, 0.4) is 0 Å². The Bertz CT molecular complexity index is 1070. The molecular formula is C21H24N2O8S. The fourth-order valence-corrected chi connectivity index (χ4v) is 3.76. The number of benzene rings is 2. The van der Waals surface area contributed by atoms with Crippen molar-refractivity contribution in [3.63, 3.8) is 0 Å². The van der Waals surface area contributed by atoms with Gasteiger partial charge in [-0.1, -0.05) is 12.1 Å². The highest BCUT2D eigenvalue weighted by Crippen LogP contribution is 2.31. The molecule has 0 aromatic heterocycles. The SMILES string of the molecule is COc1cccc(CNC(=O)COC(=O)CNS(=O)(=O)c2ccc3c(c2)OCCCO3)c1. The third-order valence-electron chi connectivity index (χ3n) is 4.42. The first-order valence-electron chi connectivity index (χ1n) is 9.82. The number of nitrogens with one attached hydrogen (secondary N) is 2. The van der Waals surface area contributed by atoms with Gasteiger partial charge in [0.1, 0.15) is 12.3 Å². The summed E-state index contributed by atoms with van der Waals surface area (Å²) in [6.07, 6.45) is 0.688. The number of rotatable bonds is 9. The molecule has 2 aromatic rings. The Balaban J connectivity index is 1.44. The molecule has 32 heavy (non-hydrogen) atoms. The average molecular weight is 464 g/mol. The lowest BCUT2D eigenvalue weighted by Crippen LogP contribution is -2.33. The molecule has 11 heteroatoms. The van der Waals surface area contributed by atoms with Crippen molar-refractivity contribution in [3.05, 3.63) is 48.0 Å². The molecule has 0 bridgehead atoms. The van der Waals surface area contributed by atoms with Crippen LogP contribution in [0.4, 0.5) is 0 Å². The Kier molecular flexibility index (Phi) is 7.90. The highest BCUT2D eigenvalue weighted by atomic mass is 32.2. The van der Waals surface area contributed by atoms with Crippen molar-refractivity contribution in [2.24, 2.45) is 0 Å². The van der Waals surface area contributed by atoms with Gasteiger partial charge in [-0.2, -0.15) is 4.72 Å². The Labute approximate surface area is 185 Å². The van der Waals surface area contributed by atoms with E-state index in [2.05, 4.69) is 10.0 Å². The molecule has 0 fully saturated rings. The second-order valence-electron chi connectivity index (χ2n) is 6.77. The van der Waals surface area contributed by atoms with Crippen molar-refractivity contribution in [3.8, 4) is 17.2 Å². The number of carbonyl (C=O) groups excluding carboxylic acids is 2. The largest absolute Gasteiger partial charge is 0.497 e. The van der Waals surface area contributed by atoms with Crippen LogP contribution in [0.5, 0.6) is 17.2 Å². The third kappa shape index (κ3) is 6.59. The van der Waals surface area contributed by atoms with Crippen LogP contribution in [0.15, 0.2) is 47.4 Å². The summed E-state index contributed by atoms with van der Waals surface area (Å²) in [7, 11) is -2.45. The lowest BCUT2D eigenvalue weighted by atomic mass is 10.2. The van der Waals surface area contributed by atoms with Crippen LogP contribution in [0.25, 0.3) is 0 Å². The van der Waals surface area contributed by atoms with Crippen LogP contribution in [-0.2, 0) is 30.9 Å². The number of sulfonamides is 1. The van der Waals surface area contributed by atoms with E-state index in [-0.39, 0.29) is 11.4 Å². The van der Waals surface area contributed by atoms with E-state index in [9.17, 15) is 18.0 Å². The first kappa shape index (κ1) is 23.4. The highest BCUT2D eigenvalue weighted by molar-refractivity contribution is 7.89. The lowest BCUT2D eigenvalue weighted by Gasteiger charge is -2.11. The number of fused-ring (bicyclic) bond motifs is 1. The molecule has 0 saturated heterocycles. The standard InChI is InChI=1S/C21H24N2O8S/c1-28-16-5-2-4-15(10-16)12-22-20(24)14-31-21(25)13-23-32(26,27)17-6-7-18-19(11-17)30-9-3-8-29-18/h2,4-7,10-11,23H,3,8-9,12-14H2,1H3,(H,22,24). The van der Waals surface area contributed by atoms with Crippen molar-refractivity contribution >= 4 is 21.9 Å². The van der Waals surface area contributed by atoms with Crippen LogP contribution in [-0.4, -0.2) is 53.8 Å². The van der Waals surface area contributed by atoms with Crippen LogP contribution in [0.2, 0.25) is 0 Å². The number of carbonyl (C=O) groups is 2. The van der Waals surface area contributed by atoms with Gasteiger partial charge in [0, 0.05) is 19.0 Å². The molecule has 0 radical (unpaired) electrons. The molecule has 2 N–H and O–H groups in total. The van der Waals surface area contributed by atoms with E-state index < -0.39 is 35.1 Å². The van der Waals surface area contributed by atoms with Gasteiger partial charge in [0.2, 0.25) is 10.0 Å². The molecule has 0 atom stereocenters. The molecule has 1 aliphatic heterocycles. The molecular weight excluding hydrogens is 440 g/mol. The van der Waals surface area contributed by atoms with Crippen molar-refractivity contribution in [2.75, 3.05) is 33.5 Å². The van der Waals surface area contributed by atoms with Crippen LogP contribution in [0.1, 0.15) is 12.0 Å². The van der Waals surface area contributed by atoms with Gasteiger partial charge >= 0.3 is 5.97 Å². The van der Waals surface area contributed by atoms with Gasteiger partial charge in [-0.15, -0.1) is 0 Å². The van der Waals surface area contributed by atoms with Crippen LogP contribution in [0, 0.1) is 0 Å². The maximum atomic E-state index is 12.5. The minimum absolute atomic E-state index is 0.0782. The summed E-state index contributed by atoms with van der Waals surface area (Å²) >= 11 is 0. The Morgan fingerprint density at radius 3 is 2.62 bits per heavy atom. The minimum atomic E-state index is -3.99. The third-order valence-corrected chi connectivity index (χ3v) is 5.82. The van der Waals surface area contributed by atoms with Gasteiger partial charge in [0.05, 0.1) is 25.2 Å². The maximum absolute atomic E-state index is 12.5. The quantitative estimate of drug-likeness (QED) is 0.526. The van der Waals surface area contributed by atoms with E-state index in [0.29, 0.717) is 36.9 Å². The monoisotopic (exact) mass is 464 g/mol. The fourth-order valence-electron chi connectivity index (χ4n) is 2.78. The topological polar surface area (TPSA) is 129 Å². The van der Waals surface area contributed by atoms with E-state index in [1.165, 1.54) is 18.2 Å². The summed E-state index contributed by atoms with van der Waals surface area (Å²) < 4.78 is 47.9. The minimum Gasteiger partial charge on any atom is -0.497 e. The predicted molar refractivity (Wildman–Crippen MR) is 113 cm³/mol. The maximum Gasteiger partial charge on any atom is 0.321 e. The second kappa shape index (κ2) is 10.8. The normalized spacial score (nSPS) is 13.0. The first-order chi connectivity index (χ1) is 15.4. The molecule has 3 rings (SSSR count). The van der Waals surface area contributed by atoms with E-state index >= 15 is 0 Å². The number of hydrogen-bond donors (Lipinski definition) is 2. The van der Waals surface area contributed by atoms with Gasteiger partial charge in [-0.3, -0.25) is 9.59 Å². The molecule has 10 nitrogen and oxygen atoms in total. The number of esters is 1. The number of amides is 1. The van der Waals surface area contributed by atoms with Crippen molar-refractivity contribution in [1.82, 2.24) is 10.0 Å². The smallest absolute Gasteiger partial charge is 0.321 e. The lowest BCUT2D eigenvalue weighted by molar-refractivity contribution is -0.147. The molecule has 0 spiro atoms. The Morgan fingerprint density at radius 1 is 1.06 bits per heavy atom. The molecule has 1 aliphatic rings. The molecule has 1 heterocycles. The van der Waals surface area contributed by atoms with Gasteiger partial charge in [0.15, 0.2) is 18.1 Å². The zero-order valence-corrected chi connectivity index (χ0v) is 18.3. The van der Waals surface area contributed by atoms with Gasteiger partial charge in [-0.25, -0.2) is 8.42 Å². The molecule has 0 aliphatic carbocycles. The number of methoxy groups -OCH3 is 1. The summed E-state index contributed by atoms with van der Waals surface area (Å²) in [4.78, 5) is 23.7. The zero-order chi connectivity index (χ0) is 23.0. The van der Waals surface area contributed by atoms with Crippen LogP contribution >= 0.6 is 0 Å². The van der Waals surface area contributed by atoms with Gasteiger partial charge < -0.3 is 24.3 Å². The highest BCUT2D eigenvalue weighted by Gasteiger charge is 2.20.